The summed E-state index contributed by atoms with van der Waals surface area (Å²) in [6.07, 6.45) is 0. The van der Waals surface area contributed by atoms with Gasteiger partial charge in [-0.1, -0.05) is 6.07 Å². The average molecular weight is 280 g/mol. The number of carbonyl (C=O) groups is 2. The standard InChI is InChI=1S/C14H20N2O4/c1-9-11(5-4-6-12(9)17)14(19)16-10(2)13(18)15-7-8-20-3/h4-6,10,17H,7-8H2,1-3H3,(H,15,18)(H,16,19). The predicted octanol–water partition coefficient (Wildman–Crippen LogP) is 0.582. The molecule has 6 heteroatoms. The van der Waals surface area contributed by atoms with Crippen molar-refractivity contribution in [2.75, 3.05) is 20.3 Å². The minimum atomic E-state index is -0.666. The highest BCUT2D eigenvalue weighted by atomic mass is 16.5. The van der Waals surface area contributed by atoms with Gasteiger partial charge >= 0.3 is 0 Å². The molecule has 2 amide bonds. The molecule has 1 aromatic rings. The Morgan fingerprint density at radius 2 is 2.10 bits per heavy atom. The number of carbonyl (C=O) groups excluding carboxylic acids is 2. The second-order valence-corrected chi connectivity index (χ2v) is 4.43. The van der Waals surface area contributed by atoms with E-state index in [9.17, 15) is 14.7 Å². The van der Waals surface area contributed by atoms with Gasteiger partial charge in [0.1, 0.15) is 11.8 Å². The fourth-order valence-corrected chi connectivity index (χ4v) is 1.64. The molecule has 0 aliphatic heterocycles. The first-order chi connectivity index (χ1) is 9.47. The smallest absolute Gasteiger partial charge is 0.252 e. The lowest BCUT2D eigenvalue weighted by atomic mass is 10.1. The van der Waals surface area contributed by atoms with Gasteiger partial charge in [0.2, 0.25) is 5.91 Å². The Hall–Kier alpha value is -2.08. The van der Waals surface area contributed by atoms with Crippen LogP contribution >= 0.6 is 0 Å². The van der Waals surface area contributed by atoms with Gasteiger partial charge in [-0.05, 0) is 26.0 Å². The van der Waals surface area contributed by atoms with Gasteiger partial charge in [-0.25, -0.2) is 0 Å². The molecule has 0 aliphatic carbocycles. The molecule has 0 bridgehead atoms. The van der Waals surface area contributed by atoms with Crippen LogP contribution in [0.4, 0.5) is 0 Å². The summed E-state index contributed by atoms with van der Waals surface area (Å²) in [5, 5.41) is 14.8. The zero-order valence-corrected chi connectivity index (χ0v) is 11.9. The molecule has 0 heterocycles. The number of aromatic hydroxyl groups is 1. The second-order valence-electron chi connectivity index (χ2n) is 4.43. The Kier molecular flexibility index (Phi) is 5.99. The highest BCUT2D eigenvalue weighted by Gasteiger charge is 2.18. The van der Waals surface area contributed by atoms with Crippen LogP contribution < -0.4 is 10.6 Å². The first kappa shape index (κ1) is 16.0. The van der Waals surface area contributed by atoms with Gasteiger partial charge in [0, 0.05) is 24.8 Å². The summed E-state index contributed by atoms with van der Waals surface area (Å²) in [5.74, 6) is -0.629. The molecule has 110 valence electrons. The topological polar surface area (TPSA) is 87.7 Å². The number of rotatable bonds is 6. The van der Waals surface area contributed by atoms with Crippen LogP contribution in [0.2, 0.25) is 0 Å². The zero-order chi connectivity index (χ0) is 15.1. The Bertz CT molecular complexity index is 488. The van der Waals surface area contributed by atoms with Crippen molar-refractivity contribution in [3.05, 3.63) is 29.3 Å². The maximum Gasteiger partial charge on any atom is 0.252 e. The number of ether oxygens (including phenoxy) is 1. The number of phenolic OH excluding ortho intramolecular Hbond substituents is 1. The van der Waals surface area contributed by atoms with E-state index in [0.29, 0.717) is 24.3 Å². The van der Waals surface area contributed by atoms with Gasteiger partial charge in [0.05, 0.1) is 6.61 Å². The first-order valence-electron chi connectivity index (χ1n) is 6.33. The number of benzene rings is 1. The van der Waals surface area contributed by atoms with Crippen molar-refractivity contribution >= 4 is 11.8 Å². The highest BCUT2D eigenvalue weighted by Crippen LogP contribution is 2.19. The lowest BCUT2D eigenvalue weighted by molar-refractivity contribution is -0.122. The van der Waals surface area contributed by atoms with E-state index in [1.807, 2.05) is 0 Å². The van der Waals surface area contributed by atoms with Crippen LogP contribution in [0.15, 0.2) is 18.2 Å². The quantitative estimate of drug-likeness (QED) is 0.665. The van der Waals surface area contributed by atoms with Crippen molar-refractivity contribution in [2.24, 2.45) is 0 Å². The zero-order valence-electron chi connectivity index (χ0n) is 11.9. The van der Waals surface area contributed by atoms with Crippen LogP contribution in [0.5, 0.6) is 5.75 Å². The summed E-state index contributed by atoms with van der Waals surface area (Å²) in [6, 6.07) is 4.02. The van der Waals surface area contributed by atoms with Gasteiger partial charge in [-0.15, -0.1) is 0 Å². The fourth-order valence-electron chi connectivity index (χ4n) is 1.64. The Labute approximate surface area is 118 Å². The van der Waals surface area contributed by atoms with Crippen molar-refractivity contribution in [2.45, 2.75) is 19.9 Å². The average Bonchev–Trinajstić information content (AvgIpc) is 2.41. The highest BCUT2D eigenvalue weighted by molar-refractivity contribution is 5.98. The molecular weight excluding hydrogens is 260 g/mol. The van der Waals surface area contributed by atoms with Crippen LogP contribution in [-0.4, -0.2) is 43.2 Å². The maximum absolute atomic E-state index is 12.0. The molecule has 3 N–H and O–H groups in total. The van der Waals surface area contributed by atoms with Crippen molar-refractivity contribution in [3.63, 3.8) is 0 Å². The van der Waals surface area contributed by atoms with Crippen LogP contribution in [0, 0.1) is 6.92 Å². The van der Waals surface area contributed by atoms with Gasteiger partial charge in [-0.3, -0.25) is 9.59 Å². The Morgan fingerprint density at radius 1 is 1.40 bits per heavy atom. The number of methoxy groups -OCH3 is 1. The second kappa shape index (κ2) is 7.49. The Morgan fingerprint density at radius 3 is 2.75 bits per heavy atom. The Balaban J connectivity index is 2.61. The molecule has 0 saturated heterocycles. The molecule has 0 aliphatic rings. The van der Waals surface area contributed by atoms with E-state index in [-0.39, 0.29) is 11.7 Å². The van der Waals surface area contributed by atoms with Gasteiger partial charge in [0.15, 0.2) is 0 Å². The molecule has 0 fully saturated rings. The molecule has 6 nitrogen and oxygen atoms in total. The molecule has 1 aromatic carbocycles. The number of phenols is 1. The van der Waals surface area contributed by atoms with E-state index < -0.39 is 11.9 Å². The molecule has 0 radical (unpaired) electrons. The number of hydrogen-bond acceptors (Lipinski definition) is 4. The minimum absolute atomic E-state index is 0.0508. The van der Waals surface area contributed by atoms with Crippen molar-refractivity contribution < 1.29 is 19.4 Å². The summed E-state index contributed by atoms with van der Waals surface area (Å²) < 4.78 is 4.82. The van der Waals surface area contributed by atoms with Crippen LogP contribution in [0.3, 0.4) is 0 Å². The number of hydrogen-bond donors (Lipinski definition) is 3. The first-order valence-corrected chi connectivity index (χ1v) is 6.33. The summed E-state index contributed by atoms with van der Waals surface area (Å²) in [4.78, 5) is 23.7. The minimum Gasteiger partial charge on any atom is -0.508 e. The van der Waals surface area contributed by atoms with Crippen molar-refractivity contribution in [1.29, 1.82) is 0 Å². The van der Waals surface area contributed by atoms with Gasteiger partial charge in [0.25, 0.3) is 5.91 Å². The number of nitrogens with one attached hydrogen (secondary N) is 2. The third-order valence-electron chi connectivity index (χ3n) is 2.90. The molecule has 0 spiro atoms. The third-order valence-corrected chi connectivity index (χ3v) is 2.90. The van der Waals surface area contributed by atoms with Crippen LogP contribution in [0.1, 0.15) is 22.8 Å². The molecule has 1 atom stereocenters. The predicted molar refractivity (Wildman–Crippen MR) is 74.7 cm³/mol. The van der Waals surface area contributed by atoms with Crippen LogP contribution in [-0.2, 0) is 9.53 Å². The molecular formula is C14H20N2O4. The van der Waals surface area contributed by atoms with Crippen molar-refractivity contribution in [3.8, 4) is 5.75 Å². The SMILES string of the molecule is COCCNC(=O)C(C)NC(=O)c1cccc(O)c1C. The molecule has 0 saturated carbocycles. The van der Waals surface area contributed by atoms with Gasteiger partial charge < -0.3 is 20.5 Å². The summed E-state index contributed by atoms with van der Waals surface area (Å²) in [6.45, 7) is 4.05. The molecule has 1 unspecified atom stereocenters. The largest absolute Gasteiger partial charge is 0.508 e. The van der Waals surface area contributed by atoms with E-state index in [4.69, 9.17) is 4.74 Å². The van der Waals surface area contributed by atoms with Crippen molar-refractivity contribution in [1.82, 2.24) is 10.6 Å². The lowest BCUT2D eigenvalue weighted by Crippen LogP contribution is -2.45. The lowest BCUT2D eigenvalue weighted by Gasteiger charge is -2.15. The monoisotopic (exact) mass is 280 g/mol. The van der Waals surface area contributed by atoms with E-state index in [1.54, 1.807) is 33.1 Å². The van der Waals surface area contributed by atoms with E-state index in [1.165, 1.54) is 6.07 Å². The van der Waals surface area contributed by atoms with Crippen LogP contribution in [0.25, 0.3) is 0 Å². The fraction of sp³-hybridized carbons (Fsp3) is 0.429. The summed E-state index contributed by atoms with van der Waals surface area (Å²) in [7, 11) is 1.54. The normalized spacial score (nSPS) is 11.8. The van der Waals surface area contributed by atoms with E-state index >= 15 is 0 Å². The molecule has 1 rings (SSSR count). The maximum atomic E-state index is 12.0. The van der Waals surface area contributed by atoms with E-state index in [2.05, 4.69) is 10.6 Å². The molecule has 0 aromatic heterocycles. The summed E-state index contributed by atoms with van der Waals surface area (Å²) in [5.41, 5.74) is 0.832. The van der Waals surface area contributed by atoms with Gasteiger partial charge in [-0.2, -0.15) is 0 Å². The summed E-state index contributed by atoms with van der Waals surface area (Å²) >= 11 is 0. The van der Waals surface area contributed by atoms with E-state index in [0.717, 1.165) is 0 Å². The number of amides is 2. The third kappa shape index (κ3) is 4.24. The molecule has 20 heavy (non-hydrogen) atoms.